The molecular formula is C14H18BrN3. The molecule has 96 valence electrons. The molecule has 0 saturated carbocycles. The van der Waals surface area contributed by atoms with Gasteiger partial charge in [-0.25, -0.2) is 0 Å². The highest BCUT2D eigenvalue weighted by atomic mass is 79.9. The first kappa shape index (κ1) is 13.3. The molecule has 2 aromatic rings. The summed E-state index contributed by atoms with van der Waals surface area (Å²) in [5.41, 5.74) is 4.71. The van der Waals surface area contributed by atoms with Gasteiger partial charge in [-0.05, 0) is 35.0 Å². The van der Waals surface area contributed by atoms with Crippen LogP contribution in [0.2, 0.25) is 0 Å². The average molecular weight is 308 g/mol. The second kappa shape index (κ2) is 5.67. The summed E-state index contributed by atoms with van der Waals surface area (Å²) in [7, 11) is 3.91. The van der Waals surface area contributed by atoms with Crippen LogP contribution in [-0.2, 0) is 20.0 Å². The second-order valence-electron chi connectivity index (χ2n) is 4.31. The maximum atomic E-state index is 4.53. The molecule has 0 saturated heterocycles. The van der Waals surface area contributed by atoms with Gasteiger partial charge in [0.15, 0.2) is 0 Å². The van der Waals surface area contributed by atoms with Gasteiger partial charge in [0.25, 0.3) is 0 Å². The van der Waals surface area contributed by atoms with Gasteiger partial charge in [0, 0.05) is 19.2 Å². The van der Waals surface area contributed by atoms with E-state index in [0.29, 0.717) is 0 Å². The molecule has 1 aromatic carbocycles. The SMILES string of the molecule is CCc1ccc(-c2c(Br)c(CNC)nn2C)cc1. The van der Waals surface area contributed by atoms with Gasteiger partial charge in [-0.3, -0.25) is 4.68 Å². The van der Waals surface area contributed by atoms with Crippen molar-refractivity contribution in [3.63, 3.8) is 0 Å². The van der Waals surface area contributed by atoms with Crippen molar-refractivity contribution in [2.24, 2.45) is 7.05 Å². The third-order valence-electron chi connectivity index (χ3n) is 3.04. The van der Waals surface area contributed by atoms with Crippen LogP contribution in [0.4, 0.5) is 0 Å². The quantitative estimate of drug-likeness (QED) is 0.940. The summed E-state index contributed by atoms with van der Waals surface area (Å²) in [6.45, 7) is 2.93. The molecule has 0 aliphatic rings. The van der Waals surface area contributed by atoms with Crippen LogP contribution in [0.25, 0.3) is 11.3 Å². The highest BCUT2D eigenvalue weighted by Crippen LogP contribution is 2.30. The monoisotopic (exact) mass is 307 g/mol. The van der Waals surface area contributed by atoms with Crippen molar-refractivity contribution < 1.29 is 0 Å². The molecule has 4 heteroatoms. The number of aryl methyl sites for hydroxylation is 2. The van der Waals surface area contributed by atoms with Crippen LogP contribution in [0.5, 0.6) is 0 Å². The highest BCUT2D eigenvalue weighted by Gasteiger charge is 2.14. The lowest BCUT2D eigenvalue weighted by atomic mass is 10.1. The number of hydrogen-bond acceptors (Lipinski definition) is 2. The summed E-state index contributed by atoms with van der Waals surface area (Å²) in [6.07, 6.45) is 1.07. The first-order chi connectivity index (χ1) is 8.67. The average Bonchev–Trinajstić information content (AvgIpc) is 2.65. The van der Waals surface area contributed by atoms with E-state index < -0.39 is 0 Å². The summed E-state index contributed by atoms with van der Waals surface area (Å²) in [5, 5.41) is 7.66. The summed E-state index contributed by atoms with van der Waals surface area (Å²) in [5.74, 6) is 0. The molecule has 1 heterocycles. The Balaban J connectivity index is 2.43. The molecule has 0 bridgehead atoms. The molecule has 0 amide bonds. The van der Waals surface area contributed by atoms with E-state index in [2.05, 4.69) is 57.5 Å². The first-order valence-corrected chi connectivity index (χ1v) is 6.92. The van der Waals surface area contributed by atoms with Crippen molar-refractivity contribution in [2.75, 3.05) is 7.05 Å². The molecule has 0 unspecified atom stereocenters. The van der Waals surface area contributed by atoms with Crippen molar-refractivity contribution >= 4 is 15.9 Å². The zero-order chi connectivity index (χ0) is 13.1. The van der Waals surface area contributed by atoms with Crippen LogP contribution in [0.15, 0.2) is 28.7 Å². The third-order valence-corrected chi connectivity index (χ3v) is 3.87. The molecule has 1 N–H and O–H groups in total. The Kier molecular flexibility index (Phi) is 4.19. The Hall–Kier alpha value is -1.13. The minimum absolute atomic E-state index is 0.765. The van der Waals surface area contributed by atoms with Crippen LogP contribution in [-0.4, -0.2) is 16.8 Å². The molecule has 3 nitrogen and oxygen atoms in total. The predicted octanol–water partition coefficient (Wildman–Crippen LogP) is 3.13. The lowest BCUT2D eigenvalue weighted by molar-refractivity contribution is 0.715. The van der Waals surface area contributed by atoms with Crippen molar-refractivity contribution in [1.82, 2.24) is 15.1 Å². The standard InChI is InChI=1S/C14H18BrN3/c1-4-10-5-7-11(8-6-10)14-13(15)12(9-16-2)17-18(14)3/h5-8,16H,4,9H2,1-3H3. The van der Waals surface area contributed by atoms with E-state index in [1.165, 1.54) is 11.1 Å². The van der Waals surface area contributed by atoms with Gasteiger partial charge in [0.05, 0.1) is 15.9 Å². The van der Waals surface area contributed by atoms with E-state index in [9.17, 15) is 0 Å². The van der Waals surface area contributed by atoms with Crippen LogP contribution in [0, 0.1) is 0 Å². The van der Waals surface area contributed by atoms with E-state index in [0.717, 1.165) is 28.8 Å². The Morgan fingerprint density at radius 1 is 1.28 bits per heavy atom. The predicted molar refractivity (Wildman–Crippen MR) is 78.5 cm³/mol. The Bertz CT molecular complexity index is 529. The topological polar surface area (TPSA) is 29.9 Å². The Morgan fingerprint density at radius 2 is 1.94 bits per heavy atom. The molecule has 0 radical (unpaired) electrons. The Morgan fingerprint density at radius 3 is 2.50 bits per heavy atom. The maximum absolute atomic E-state index is 4.53. The summed E-state index contributed by atoms with van der Waals surface area (Å²) >= 11 is 3.65. The minimum Gasteiger partial charge on any atom is -0.314 e. The van der Waals surface area contributed by atoms with E-state index in [-0.39, 0.29) is 0 Å². The zero-order valence-electron chi connectivity index (χ0n) is 11.0. The number of nitrogens with one attached hydrogen (secondary N) is 1. The van der Waals surface area contributed by atoms with Gasteiger partial charge in [-0.15, -0.1) is 0 Å². The molecule has 2 rings (SSSR count). The van der Waals surface area contributed by atoms with Crippen LogP contribution in [0.1, 0.15) is 18.2 Å². The van der Waals surface area contributed by atoms with Gasteiger partial charge in [-0.1, -0.05) is 31.2 Å². The first-order valence-electron chi connectivity index (χ1n) is 6.12. The number of nitrogens with zero attached hydrogens (tertiary/aromatic N) is 2. The Labute approximate surface area is 116 Å². The molecule has 1 aromatic heterocycles. The molecular weight excluding hydrogens is 290 g/mol. The van der Waals surface area contributed by atoms with E-state index in [1.807, 2.05) is 18.8 Å². The third kappa shape index (κ3) is 2.49. The fourth-order valence-electron chi connectivity index (χ4n) is 2.05. The molecule has 0 aliphatic heterocycles. The molecule has 0 fully saturated rings. The fourth-order valence-corrected chi connectivity index (χ4v) is 2.75. The highest BCUT2D eigenvalue weighted by molar-refractivity contribution is 9.10. The summed E-state index contributed by atoms with van der Waals surface area (Å²) in [4.78, 5) is 0. The lowest BCUT2D eigenvalue weighted by Crippen LogP contribution is -2.06. The minimum atomic E-state index is 0.765. The lowest BCUT2D eigenvalue weighted by Gasteiger charge is -2.04. The smallest absolute Gasteiger partial charge is 0.0910 e. The van der Waals surface area contributed by atoms with Crippen molar-refractivity contribution in [1.29, 1.82) is 0 Å². The number of benzene rings is 1. The van der Waals surface area contributed by atoms with E-state index in [1.54, 1.807) is 0 Å². The van der Waals surface area contributed by atoms with Crippen molar-refractivity contribution in [3.05, 3.63) is 40.0 Å². The summed E-state index contributed by atoms with van der Waals surface area (Å²) < 4.78 is 3.00. The zero-order valence-corrected chi connectivity index (χ0v) is 12.6. The van der Waals surface area contributed by atoms with Crippen LogP contribution >= 0.6 is 15.9 Å². The van der Waals surface area contributed by atoms with Crippen molar-refractivity contribution in [2.45, 2.75) is 19.9 Å². The van der Waals surface area contributed by atoms with Crippen LogP contribution in [0.3, 0.4) is 0 Å². The van der Waals surface area contributed by atoms with Gasteiger partial charge in [0.1, 0.15) is 0 Å². The largest absolute Gasteiger partial charge is 0.314 e. The second-order valence-corrected chi connectivity index (χ2v) is 5.11. The molecule has 0 aliphatic carbocycles. The van der Waals surface area contributed by atoms with Gasteiger partial charge in [0.2, 0.25) is 0 Å². The maximum Gasteiger partial charge on any atom is 0.0910 e. The number of hydrogen-bond donors (Lipinski definition) is 1. The van der Waals surface area contributed by atoms with E-state index >= 15 is 0 Å². The molecule has 18 heavy (non-hydrogen) atoms. The fraction of sp³-hybridized carbons (Fsp3) is 0.357. The van der Waals surface area contributed by atoms with E-state index in [4.69, 9.17) is 0 Å². The van der Waals surface area contributed by atoms with Gasteiger partial charge >= 0.3 is 0 Å². The van der Waals surface area contributed by atoms with Crippen molar-refractivity contribution in [3.8, 4) is 11.3 Å². The molecule has 0 atom stereocenters. The number of aromatic nitrogens is 2. The summed E-state index contributed by atoms with van der Waals surface area (Å²) in [6, 6.07) is 8.66. The van der Waals surface area contributed by atoms with Gasteiger partial charge in [-0.2, -0.15) is 5.10 Å². The number of halogens is 1. The molecule has 0 spiro atoms. The van der Waals surface area contributed by atoms with Gasteiger partial charge < -0.3 is 5.32 Å². The van der Waals surface area contributed by atoms with Crippen LogP contribution < -0.4 is 5.32 Å². The number of rotatable bonds is 4. The normalized spacial score (nSPS) is 10.9.